The lowest BCUT2D eigenvalue weighted by molar-refractivity contribution is 0.0962. The van der Waals surface area contributed by atoms with Crippen LogP contribution in [0.15, 0.2) is 48.8 Å². The van der Waals surface area contributed by atoms with E-state index in [0.717, 1.165) is 0 Å². The molecule has 0 saturated heterocycles. The molecule has 86 valence electrons. The molecule has 1 aromatic carbocycles. The van der Waals surface area contributed by atoms with Crippen LogP contribution in [0.25, 0.3) is 0 Å². The molecule has 5 heteroatoms. The topological polar surface area (TPSA) is 54.0 Å². The van der Waals surface area contributed by atoms with Gasteiger partial charge in [0.25, 0.3) is 5.91 Å². The quantitative estimate of drug-likeness (QED) is 0.820. The second-order valence-electron chi connectivity index (χ2n) is 3.33. The fourth-order valence-electron chi connectivity index (χ4n) is 1.27. The van der Waals surface area contributed by atoms with Crippen LogP contribution in [0.4, 0.5) is 5.69 Å². The van der Waals surface area contributed by atoms with Crippen LogP contribution >= 0.6 is 11.6 Å². The second kappa shape index (κ2) is 5.32. The van der Waals surface area contributed by atoms with Crippen LogP contribution < -0.4 is 10.9 Å². The van der Waals surface area contributed by atoms with Crippen LogP contribution in [0.3, 0.4) is 0 Å². The number of amides is 1. The normalized spacial score (nSPS) is 9.71. The predicted octanol–water partition coefficient (Wildman–Crippen LogP) is 2.49. The van der Waals surface area contributed by atoms with E-state index in [2.05, 4.69) is 15.8 Å². The molecule has 1 aromatic heterocycles. The molecule has 2 aromatic rings. The highest BCUT2D eigenvalue weighted by Gasteiger charge is 2.04. The maximum atomic E-state index is 11.7. The molecule has 0 aliphatic carbocycles. The summed E-state index contributed by atoms with van der Waals surface area (Å²) in [6, 6.07) is 10.3. The number of aromatic nitrogens is 1. The third kappa shape index (κ3) is 3.19. The molecule has 0 radical (unpaired) electrons. The standard InChI is InChI=1S/C12H10ClN3O/c13-10-4-1-3-9(7-10)12(17)16-15-11-5-2-6-14-8-11/h1-8,15H,(H,16,17). The van der Waals surface area contributed by atoms with Crippen LogP contribution in [0, 0.1) is 0 Å². The first kappa shape index (κ1) is 11.4. The van der Waals surface area contributed by atoms with Gasteiger partial charge in [-0.25, -0.2) is 0 Å². The van der Waals surface area contributed by atoms with E-state index in [9.17, 15) is 4.79 Å². The Morgan fingerprint density at radius 2 is 2.12 bits per heavy atom. The Kier molecular flexibility index (Phi) is 3.57. The maximum Gasteiger partial charge on any atom is 0.269 e. The minimum atomic E-state index is -0.253. The van der Waals surface area contributed by atoms with Crippen molar-refractivity contribution in [2.75, 3.05) is 5.43 Å². The Balaban J connectivity index is 1.98. The molecular weight excluding hydrogens is 238 g/mol. The fourth-order valence-corrected chi connectivity index (χ4v) is 1.46. The summed E-state index contributed by atoms with van der Waals surface area (Å²) < 4.78 is 0. The summed E-state index contributed by atoms with van der Waals surface area (Å²) in [4.78, 5) is 15.6. The van der Waals surface area contributed by atoms with Gasteiger partial charge in [0, 0.05) is 16.8 Å². The SMILES string of the molecule is O=C(NNc1cccnc1)c1cccc(Cl)c1. The first-order valence-corrected chi connectivity index (χ1v) is 5.35. The smallest absolute Gasteiger partial charge is 0.269 e. The van der Waals surface area contributed by atoms with Gasteiger partial charge in [-0.3, -0.25) is 20.6 Å². The van der Waals surface area contributed by atoms with Gasteiger partial charge < -0.3 is 0 Å². The number of hydrogen-bond donors (Lipinski definition) is 2. The van der Waals surface area contributed by atoms with E-state index >= 15 is 0 Å². The molecule has 2 N–H and O–H groups in total. The summed E-state index contributed by atoms with van der Waals surface area (Å²) in [5.74, 6) is -0.253. The molecule has 0 bridgehead atoms. The molecule has 0 spiro atoms. The van der Waals surface area contributed by atoms with Gasteiger partial charge in [0.1, 0.15) is 0 Å². The van der Waals surface area contributed by atoms with Crippen molar-refractivity contribution in [1.82, 2.24) is 10.4 Å². The van der Waals surface area contributed by atoms with Crippen molar-refractivity contribution in [2.45, 2.75) is 0 Å². The summed E-state index contributed by atoms with van der Waals surface area (Å²) in [7, 11) is 0. The number of anilines is 1. The highest BCUT2D eigenvalue weighted by atomic mass is 35.5. The summed E-state index contributed by atoms with van der Waals surface area (Å²) >= 11 is 5.80. The molecule has 4 nitrogen and oxygen atoms in total. The Bertz CT molecular complexity index is 516. The van der Waals surface area contributed by atoms with E-state index in [-0.39, 0.29) is 5.91 Å². The first-order chi connectivity index (χ1) is 8.25. The zero-order valence-electron chi connectivity index (χ0n) is 8.85. The predicted molar refractivity (Wildman–Crippen MR) is 66.8 cm³/mol. The van der Waals surface area contributed by atoms with Crippen LogP contribution in [0.5, 0.6) is 0 Å². The zero-order chi connectivity index (χ0) is 12.1. The Hall–Kier alpha value is -2.07. The van der Waals surface area contributed by atoms with Crippen molar-refractivity contribution in [2.24, 2.45) is 0 Å². The summed E-state index contributed by atoms with van der Waals surface area (Å²) in [5.41, 5.74) is 6.52. The highest BCUT2D eigenvalue weighted by molar-refractivity contribution is 6.30. The molecule has 17 heavy (non-hydrogen) atoms. The van der Waals surface area contributed by atoms with Gasteiger partial charge in [-0.1, -0.05) is 17.7 Å². The zero-order valence-corrected chi connectivity index (χ0v) is 9.61. The van der Waals surface area contributed by atoms with E-state index in [1.165, 1.54) is 0 Å². The summed E-state index contributed by atoms with van der Waals surface area (Å²) in [5, 5.41) is 0.527. The average molecular weight is 248 g/mol. The highest BCUT2D eigenvalue weighted by Crippen LogP contribution is 2.10. The number of carbonyl (C=O) groups is 1. The van der Waals surface area contributed by atoms with E-state index in [4.69, 9.17) is 11.6 Å². The third-order valence-electron chi connectivity index (χ3n) is 2.07. The second-order valence-corrected chi connectivity index (χ2v) is 3.77. The summed E-state index contributed by atoms with van der Waals surface area (Å²) in [6.45, 7) is 0. The van der Waals surface area contributed by atoms with Gasteiger partial charge >= 0.3 is 0 Å². The number of pyridine rings is 1. The molecule has 0 saturated carbocycles. The van der Waals surface area contributed by atoms with E-state index in [1.807, 2.05) is 0 Å². The average Bonchev–Trinajstić information content (AvgIpc) is 2.37. The molecule has 0 aliphatic heterocycles. The van der Waals surface area contributed by atoms with Crippen molar-refractivity contribution < 1.29 is 4.79 Å². The van der Waals surface area contributed by atoms with Crippen molar-refractivity contribution in [3.63, 3.8) is 0 Å². The van der Waals surface area contributed by atoms with E-state index in [1.54, 1.807) is 48.8 Å². The van der Waals surface area contributed by atoms with E-state index < -0.39 is 0 Å². The Morgan fingerprint density at radius 1 is 1.24 bits per heavy atom. The first-order valence-electron chi connectivity index (χ1n) is 4.97. The lowest BCUT2D eigenvalue weighted by Gasteiger charge is -2.07. The van der Waals surface area contributed by atoms with Gasteiger partial charge in [-0.15, -0.1) is 0 Å². The lowest BCUT2D eigenvalue weighted by Crippen LogP contribution is -2.29. The fraction of sp³-hybridized carbons (Fsp3) is 0. The molecule has 0 atom stereocenters. The van der Waals surface area contributed by atoms with Gasteiger partial charge in [0.2, 0.25) is 0 Å². The minimum absolute atomic E-state index is 0.253. The maximum absolute atomic E-state index is 11.7. The van der Waals surface area contributed by atoms with Crippen molar-refractivity contribution >= 4 is 23.2 Å². The largest absolute Gasteiger partial charge is 0.297 e. The molecule has 0 fully saturated rings. The van der Waals surface area contributed by atoms with Crippen LogP contribution in [-0.4, -0.2) is 10.9 Å². The number of hydrazine groups is 1. The van der Waals surface area contributed by atoms with Crippen LogP contribution in [0.1, 0.15) is 10.4 Å². The monoisotopic (exact) mass is 247 g/mol. The Labute approximate surface area is 104 Å². The lowest BCUT2D eigenvalue weighted by atomic mass is 10.2. The molecule has 1 amide bonds. The number of hydrogen-bond acceptors (Lipinski definition) is 3. The third-order valence-corrected chi connectivity index (χ3v) is 2.30. The van der Waals surface area contributed by atoms with Crippen molar-refractivity contribution in [1.29, 1.82) is 0 Å². The van der Waals surface area contributed by atoms with Gasteiger partial charge in [-0.05, 0) is 30.3 Å². The van der Waals surface area contributed by atoms with Crippen molar-refractivity contribution in [3.8, 4) is 0 Å². The molecular formula is C12H10ClN3O. The number of carbonyl (C=O) groups excluding carboxylic acids is 1. The van der Waals surface area contributed by atoms with Gasteiger partial charge in [0.05, 0.1) is 11.9 Å². The van der Waals surface area contributed by atoms with Crippen LogP contribution in [0.2, 0.25) is 5.02 Å². The number of nitrogens with zero attached hydrogens (tertiary/aromatic N) is 1. The molecule has 1 heterocycles. The van der Waals surface area contributed by atoms with Gasteiger partial charge in [0.15, 0.2) is 0 Å². The van der Waals surface area contributed by atoms with Crippen molar-refractivity contribution in [3.05, 3.63) is 59.4 Å². The van der Waals surface area contributed by atoms with Crippen LogP contribution in [-0.2, 0) is 0 Å². The number of benzene rings is 1. The minimum Gasteiger partial charge on any atom is -0.297 e. The van der Waals surface area contributed by atoms with E-state index in [0.29, 0.717) is 16.3 Å². The number of halogens is 1. The van der Waals surface area contributed by atoms with Gasteiger partial charge in [-0.2, -0.15) is 0 Å². The summed E-state index contributed by atoms with van der Waals surface area (Å²) in [6.07, 6.45) is 3.27. The molecule has 0 unspecified atom stereocenters. The molecule has 0 aliphatic rings. The number of rotatable bonds is 3. The number of nitrogens with one attached hydrogen (secondary N) is 2. The Morgan fingerprint density at radius 3 is 2.82 bits per heavy atom. The molecule has 2 rings (SSSR count).